The van der Waals surface area contributed by atoms with Crippen LogP contribution in [0.1, 0.15) is 0 Å². The van der Waals surface area contributed by atoms with E-state index in [2.05, 4.69) is 67.5 Å². The van der Waals surface area contributed by atoms with Crippen molar-refractivity contribution in [2.24, 2.45) is 0 Å². The molecule has 1 heterocycles. The lowest BCUT2D eigenvalue weighted by Gasteiger charge is -2.60. The van der Waals surface area contributed by atoms with E-state index in [-0.39, 0.29) is 0 Å². The zero-order valence-electron chi connectivity index (χ0n) is 12.4. The SMILES string of the molecule is C[N+](C)(C)[B-][N+]#C[B-]1C[N+](C)(C)[B-]C[N+]1(C)C. The van der Waals surface area contributed by atoms with Crippen LogP contribution in [-0.4, -0.2) is 97.2 Å². The molecule has 1 aliphatic rings. The van der Waals surface area contributed by atoms with Gasteiger partial charge in [-0.15, -0.1) is 0 Å². The van der Waals surface area contributed by atoms with Crippen LogP contribution in [0.5, 0.6) is 0 Å². The summed E-state index contributed by atoms with van der Waals surface area (Å²) in [6.45, 7) is 0.359. The lowest BCUT2D eigenvalue weighted by atomic mass is 9.52. The van der Waals surface area contributed by atoms with E-state index in [1.54, 1.807) is 0 Å². The van der Waals surface area contributed by atoms with E-state index in [1.807, 2.05) is 7.55 Å². The van der Waals surface area contributed by atoms with E-state index in [0.29, 0.717) is 6.85 Å². The molecule has 1 rings (SSSR count). The molecular formula is C10H25B3N4+. The van der Waals surface area contributed by atoms with E-state index in [1.165, 1.54) is 0 Å². The standard InChI is InChI=1S/C10H25B3N4/c1-15(2,3)12-14-9-13-10-16(4,5)11-8-17(13,6)7/h8,10H2,1-7H3/q+1. The van der Waals surface area contributed by atoms with Crippen molar-refractivity contribution in [1.29, 1.82) is 0 Å². The fourth-order valence-corrected chi connectivity index (χ4v) is 1.79. The lowest BCUT2D eigenvalue weighted by molar-refractivity contribution is -0.838. The van der Waals surface area contributed by atoms with Crippen molar-refractivity contribution >= 4 is 21.8 Å². The van der Waals surface area contributed by atoms with Crippen molar-refractivity contribution in [3.63, 3.8) is 0 Å². The molecule has 0 bridgehead atoms. The molecule has 4 nitrogen and oxygen atoms in total. The normalized spacial score (nSPS) is 23.9. The average molecular weight is 234 g/mol. The fourth-order valence-electron chi connectivity index (χ4n) is 1.79. The van der Waals surface area contributed by atoms with Crippen LogP contribution in [0.4, 0.5) is 0 Å². The highest BCUT2D eigenvalue weighted by Gasteiger charge is 2.30. The molecule has 1 saturated heterocycles. The Morgan fingerprint density at radius 3 is 2.35 bits per heavy atom. The van der Waals surface area contributed by atoms with Gasteiger partial charge >= 0.3 is 14.4 Å². The molecule has 0 aromatic carbocycles. The molecule has 0 aromatic rings. The summed E-state index contributed by atoms with van der Waals surface area (Å²) in [5, 5.41) is 0. The average Bonchev–Trinajstić information content (AvgIpc) is 2.10. The van der Waals surface area contributed by atoms with Crippen LogP contribution in [0.25, 0.3) is 4.76 Å². The molecule has 5 radical (unpaired) electrons. The van der Waals surface area contributed by atoms with Gasteiger partial charge in [-0.3, -0.25) is 0 Å². The minimum absolute atomic E-state index is 0.359. The van der Waals surface area contributed by atoms with E-state index < -0.39 is 0 Å². The van der Waals surface area contributed by atoms with Crippen molar-refractivity contribution in [2.75, 3.05) is 62.2 Å². The van der Waals surface area contributed by atoms with Crippen LogP contribution in [0, 0.1) is 5.97 Å². The molecule has 0 amide bonds. The molecule has 0 unspecified atom stereocenters. The van der Waals surface area contributed by atoms with Gasteiger partial charge in [0.15, 0.2) is 0 Å². The Hall–Kier alpha value is -0.435. The smallest absolute Gasteiger partial charge is 0.577 e. The first kappa shape index (κ1) is 14.6. The Morgan fingerprint density at radius 1 is 1.24 bits per heavy atom. The van der Waals surface area contributed by atoms with Crippen molar-refractivity contribution in [3.05, 3.63) is 4.76 Å². The molecule has 0 N–H and O–H groups in total. The van der Waals surface area contributed by atoms with Crippen LogP contribution < -0.4 is 0 Å². The summed E-state index contributed by atoms with van der Waals surface area (Å²) in [6.07, 6.45) is 2.12. The minimum atomic E-state index is 0.359. The number of quaternary nitrogens is 3. The van der Waals surface area contributed by atoms with Crippen LogP contribution in [-0.2, 0) is 0 Å². The first-order chi connectivity index (χ1) is 7.52. The van der Waals surface area contributed by atoms with E-state index in [9.17, 15) is 0 Å². The van der Waals surface area contributed by atoms with Gasteiger partial charge in [-0.05, 0) is 6.44 Å². The number of nitrogens with zero attached hydrogens (tertiary/aromatic N) is 4. The maximum atomic E-state index is 4.39. The first-order valence-corrected chi connectivity index (χ1v) is 6.12. The Balaban J connectivity index is 2.72. The molecule has 0 aromatic heterocycles. The highest BCUT2D eigenvalue weighted by atomic mass is 15.3. The van der Waals surface area contributed by atoms with Crippen LogP contribution in [0.2, 0.25) is 0 Å². The second-order valence-corrected chi connectivity index (χ2v) is 7.11. The van der Waals surface area contributed by atoms with E-state index in [4.69, 9.17) is 0 Å². The predicted molar refractivity (Wildman–Crippen MR) is 76.5 cm³/mol. The van der Waals surface area contributed by atoms with Gasteiger partial charge in [0, 0.05) is 55.3 Å². The Bertz CT molecular complexity index is 338. The lowest BCUT2D eigenvalue weighted by Crippen LogP contribution is -2.70. The van der Waals surface area contributed by atoms with Gasteiger partial charge in [0.2, 0.25) is 0 Å². The van der Waals surface area contributed by atoms with E-state index in [0.717, 1.165) is 26.1 Å². The number of rotatable bonds is 1. The quantitative estimate of drug-likeness (QED) is 0.532. The van der Waals surface area contributed by atoms with Crippen LogP contribution in [0.3, 0.4) is 0 Å². The van der Waals surface area contributed by atoms with Crippen molar-refractivity contribution < 1.29 is 13.2 Å². The third-order valence-corrected chi connectivity index (χ3v) is 3.16. The summed E-state index contributed by atoms with van der Waals surface area (Å²) < 4.78 is 7.00. The second-order valence-electron chi connectivity index (χ2n) is 7.11. The van der Waals surface area contributed by atoms with E-state index >= 15 is 0 Å². The Morgan fingerprint density at radius 2 is 1.82 bits per heavy atom. The highest BCUT2D eigenvalue weighted by molar-refractivity contribution is 6.62. The first-order valence-electron chi connectivity index (χ1n) is 6.12. The Kier molecular flexibility index (Phi) is 4.03. The van der Waals surface area contributed by atoms with Crippen molar-refractivity contribution in [3.8, 4) is 5.97 Å². The monoisotopic (exact) mass is 234 g/mol. The molecule has 17 heavy (non-hydrogen) atoms. The van der Waals surface area contributed by atoms with Gasteiger partial charge in [0.1, 0.15) is 0 Å². The minimum Gasteiger partial charge on any atom is -0.587 e. The highest BCUT2D eigenvalue weighted by Crippen LogP contribution is 2.13. The van der Waals surface area contributed by atoms with Gasteiger partial charge < -0.3 is 17.9 Å². The maximum Gasteiger partial charge on any atom is 0.577 e. The predicted octanol–water partition coefficient (Wildman–Crippen LogP) is -0.627. The van der Waals surface area contributed by atoms with Crippen LogP contribution in [0.15, 0.2) is 0 Å². The largest absolute Gasteiger partial charge is 0.587 e. The summed E-state index contributed by atoms with van der Waals surface area (Å²) in [5.41, 5.74) is 0. The van der Waals surface area contributed by atoms with Gasteiger partial charge in [-0.25, -0.2) is 0 Å². The molecule has 93 valence electrons. The molecule has 0 aliphatic carbocycles. The second kappa shape index (κ2) is 4.68. The molecule has 0 atom stereocenters. The molecule has 0 spiro atoms. The van der Waals surface area contributed by atoms with Gasteiger partial charge in [-0.2, -0.15) is 0 Å². The summed E-state index contributed by atoms with van der Waals surface area (Å²) in [4.78, 5) is 0. The number of hydrogen-bond acceptors (Lipinski definition) is 0. The summed E-state index contributed by atoms with van der Waals surface area (Å²) in [5.74, 6) is 3.31. The third-order valence-electron chi connectivity index (χ3n) is 3.16. The fraction of sp³-hybridized carbons (Fsp3) is 0.900. The van der Waals surface area contributed by atoms with Crippen molar-refractivity contribution in [2.45, 2.75) is 0 Å². The molecule has 1 aliphatic heterocycles. The number of hydrogen-bond donors (Lipinski definition) is 0. The van der Waals surface area contributed by atoms with Crippen molar-refractivity contribution in [1.82, 2.24) is 0 Å². The topological polar surface area (TPSA) is 4.36 Å². The Labute approximate surface area is 108 Å². The van der Waals surface area contributed by atoms with Gasteiger partial charge in [0.05, 0.1) is 7.41 Å². The zero-order valence-corrected chi connectivity index (χ0v) is 12.4. The summed E-state index contributed by atoms with van der Waals surface area (Å²) in [6, 6.07) is 0. The molecule has 0 saturated carbocycles. The van der Waals surface area contributed by atoms with Crippen LogP contribution >= 0.6 is 0 Å². The molecular weight excluding hydrogens is 209 g/mol. The zero-order chi connectivity index (χ0) is 13.3. The molecule has 7 heteroatoms. The van der Waals surface area contributed by atoms with Gasteiger partial charge in [0.25, 0.3) is 0 Å². The third kappa shape index (κ3) is 4.75. The summed E-state index contributed by atoms with van der Waals surface area (Å²) >= 11 is 0. The summed E-state index contributed by atoms with van der Waals surface area (Å²) in [7, 11) is 19.5. The molecule has 1 fully saturated rings. The van der Waals surface area contributed by atoms with Gasteiger partial charge in [-0.1, -0.05) is 6.44 Å². The maximum absolute atomic E-state index is 4.39.